The normalized spacial score (nSPS) is 14.8. The first-order valence-electron chi connectivity index (χ1n) is 8.95. The van der Waals surface area contributed by atoms with Crippen molar-refractivity contribution in [1.29, 1.82) is 0 Å². The van der Waals surface area contributed by atoms with Crippen molar-refractivity contribution in [2.24, 2.45) is 5.92 Å². The molecule has 29 heavy (non-hydrogen) atoms. The predicted molar refractivity (Wildman–Crippen MR) is 97.3 cm³/mol. The summed E-state index contributed by atoms with van der Waals surface area (Å²) < 4.78 is 41.0. The molecule has 2 amide bonds. The van der Waals surface area contributed by atoms with Gasteiger partial charge in [0.1, 0.15) is 11.5 Å². The molecule has 2 aromatic rings. The van der Waals surface area contributed by atoms with Crippen LogP contribution in [0.1, 0.15) is 41.9 Å². The number of nitrogens with zero attached hydrogens (tertiary/aromatic N) is 2. The molecule has 1 saturated carbocycles. The van der Waals surface area contributed by atoms with Gasteiger partial charge in [-0.3, -0.25) is 9.59 Å². The average molecular weight is 408 g/mol. The van der Waals surface area contributed by atoms with Gasteiger partial charge < -0.3 is 15.4 Å². The van der Waals surface area contributed by atoms with Gasteiger partial charge in [0.2, 0.25) is 11.8 Å². The third-order valence-electron chi connectivity index (χ3n) is 4.17. The highest BCUT2D eigenvalue weighted by Gasteiger charge is 2.30. The summed E-state index contributed by atoms with van der Waals surface area (Å²) >= 11 is 0. The number of ether oxygens (including phenoxy) is 1. The molecule has 1 aliphatic rings. The fourth-order valence-electron chi connectivity index (χ4n) is 2.45. The number of aromatic nitrogens is 2. The van der Waals surface area contributed by atoms with Crippen molar-refractivity contribution in [2.75, 3.05) is 11.9 Å². The zero-order valence-corrected chi connectivity index (χ0v) is 15.5. The molecule has 0 aliphatic heterocycles. The predicted octanol–water partition coefficient (Wildman–Crippen LogP) is 3.26. The second-order valence-corrected chi connectivity index (χ2v) is 6.70. The maximum absolute atomic E-state index is 12.4. The molecule has 154 valence electrons. The largest absolute Gasteiger partial charge is 0.468 e. The fraction of sp³-hybridized carbons (Fsp3) is 0.368. The second-order valence-electron chi connectivity index (χ2n) is 6.70. The molecular weight excluding hydrogens is 389 g/mol. The summed E-state index contributed by atoms with van der Waals surface area (Å²) in [6.07, 6.45) is -1.40. The minimum absolute atomic E-state index is 0.0184. The van der Waals surface area contributed by atoms with Crippen LogP contribution in [-0.2, 0) is 4.79 Å². The number of carbonyl (C=O) groups is 2. The highest BCUT2D eigenvalue weighted by molar-refractivity contribution is 5.95. The van der Waals surface area contributed by atoms with E-state index >= 15 is 0 Å². The number of carbonyl (C=O) groups excluding carboxylic acids is 2. The quantitative estimate of drug-likeness (QED) is 0.734. The van der Waals surface area contributed by atoms with Crippen LogP contribution in [0.2, 0.25) is 0 Å². The van der Waals surface area contributed by atoms with Gasteiger partial charge in [0, 0.05) is 18.2 Å². The summed E-state index contributed by atoms with van der Waals surface area (Å²) in [5.74, 6) is -0.412. The topological polar surface area (TPSA) is 93.2 Å². The van der Waals surface area contributed by atoms with Crippen LogP contribution in [0.5, 0.6) is 5.88 Å². The van der Waals surface area contributed by atoms with Crippen molar-refractivity contribution >= 4 is 17.6 Å². The van der Waals surface area contributed by atoms with Gasteiger partial charge in [-0.15, -0.1) is 0 Å². The van der Waals surface area contributed by atoms with E-state index in [1.807, 2.05) is 0 Å². The lowest BCUT2D eigenvalue weighted by atomic mass is 10.1. The highest BCUT2D eigenvalue weighted by atomic mass is 19.4. The SMILES string of the molecule is CC(NC(=O)c1cccc(NC(=O)C2CC2)n1)c1ccc(OCC(F)(F)F)nc1. The smallest absolute Gasteiger partial charge is 0.422 e. The first-order valence-corrected chi connectivity index (χ1v) is 8.95. The van der Waals surface area contributed by atoms with E-state index in [1.54, 1.807) is 19.1 Å². The Kier molecular flexibility index (Phi) is 6.00. The third kappa shape index (κ3) is 6.16. The Labute approximate surface area is 164 Å². The molecule has 2 aromatic heterocycles. The van der Waals surface area contributed by atoms with Gasteiger partial charge in [-0.2, -0.15) is 13.2 Å². The van der Waals surface area contributed by atoms with Crippen LogP contribution in [0.25, 0.3) is 0 Å². The number of halogens is 3. The van der Waals surface area contributed by atoms with Crippen LogP contribution < -0.4 is 15.4 Å². The van der Waals surface area contributed by atoms with E-state index in [9.17, 15) is 22.8 Å². The molecule has 0 saturated heterocycles. The molecule has 1 fully saturated rings. The van der Waals surface area contributed by atoms with Gasteiger partial charge in [0.05, 0.1) is 6.04 Å². The maximum Gasteiger partial charge on any atom is 0.422 e. The van der Waals surface area contributed by atoms with Crippen molar-refractivity contribution in [3.8, 4) is 5.88 Å². The van der Waals surface area contributed by atoms with E-state index in [-0.39, 0.29) is 23.4 Å². The summed E-state index contributed by atoms with van der Waals surface area (Å²) in [6.45, 7) is 0.273. The molecule has 2 N–H and O–H groups in total. The summed E-state index contributed by atoms with van der Waals surface area (Å²) in [5, 5.41) is 5.41. The van der Waals surface area contributed by atoms with Gasteiger partial charge >= 0.3 is 6.18 Å². The average Bonchev–Trinajstić information content (AvgIpc) is 3.52. The van der Waals surface area contributed by atoms with Crippen LogP contribution in [0, 0.1) is 5.92 Å². The summed E-state index contributed by atoms with van der Waals surface area (Å²) in [5.41, 5.74) is 0.708. The number of nitrogens with one attached hydrogen (secondary N) is 2. The Bertz CT molecular complexity index is 883. The van der Waals surface area contributed by atoms with Gasteiger partial charge in [-0.25, -0.2) is 9.97 Å². The molecule has 0 radical (unpaired) electrons. The van der Waals surface area contributed by atoms with Gasteiger partial charge in [-0.05, 0) is 37.5 Å². The molecule has 3 rings (SSSR count). The molecule has 0 spiro atoms. The van der Waals surface area contributed by atoms with E-state index in [0.29, 0.717) is 11.4 Å². The molecule has 0 bridgehead atoms. The summed E-state index contributed by atoms with van der Waals surface area (Å²) in [7, 11) is 0. The Morgan fingerprint density at radius 3 is 2.62 bits per heavy atom. The number of alkyl halides is 3. The molecule has 2 heterocycles. The van der Waals surface area contributed by atoms with Gasteiger partial charge in [0.15, 0.2) is 6.61 Å². The van der Waals surface area contributed by atoms with Crippen molar-refractivity contribution in [3.63, 3.8) is 0 Å². The molecule has 1 unspecified atom stereocenters. The van der Waals surface area contributed by atoms with Crippen LogP contribution in [0.3, 0.4) is 0 Å². The lowest BCUT2D eigenvalue weighted by Gasteiger charge is -2.15. The van der Waals surface area contributed by atoms with E-state index in [0.717, 1.165) is 12.8 Å². The zero-order chi connectivity index (χ0) is 21.0. The first-order chi connectivity index (χ1) is 13.7. The summed E-state index contributed by atoms with van der Waals surface area (Å²) in [6, 6.07) is 7.08. The lowest BCUT2D eigenvalue weighted by Crippen LogP contribution is -2.28. The monoisotopic (exact) mass is 408 g/mol. The van der Waals surface area contributed by atoms with Crippen molar-refractivity contribution in [3.05, 3.63) is 47.8 Å². The standard InChI is InChI=1S/C19H19F3N4O3/c1-11(13-7-8-16(23-9-13)29-10-19(20,21)22)24-18(28)14-3-2-4-15(25-14)26-17(27)12-5-6-12/h2-4,7-9,11-12H,5-6,10H2,1H3,(H,24,28)(H,25,26,27). The highest BCUT2D eigenvalue weighted by Crippen LogP contribution is 2.30. The number of amides is 2. The molecule has 0 aromatic carbocycles. The van der Waals surface area contributed by atoms with Crippen LogP contribution in [0.4, 0.5) is 19.0 Å². The Balaban J connectivity index is 1.57. The van der Waals surface area contributed by atoms with Crippen molar-refractivity contribution < 1.29 is 27.5 Å². The molecule has 7 nitrogen and oxygen atoms in total. The van der Waals surface area contributed by atoms with Gasteiger partial charge in [0.25, 0.3) is 5.91 Å². The van der Waals surface area contributed by atoms with Crippen LogP contribution in [0.15, 0.2) is 36.5 Å². The molecule has 1 aliphatic carbocycles. The van der Waals surface area contributed by atoms with E-state index in [4.69, 9.17) is 0 Å². The number of anilines is 1. The van der Waals surface area contributed by atoms with E-state index in [1.165, 1.54) is 24.4 Å². The fourth-order valence-corrected chi connectivity index (χ4v) is 2.45. The van der Waals surface area contributed by atoms with Crippen molar-refractivity contribution in [2.45, 2.75) is 32.0 Å². The van der Waals surface area contributed by atoms with Crippen LogP contribution in [-0.4, -0.2) is 34.6 Å². The first kappa shape index (κ1) is 20.6. The minimum atomic E-state index is -4.44. The minimum Gasteiger partial charge on any atom is -0.468 e. The van der Waals surface area contributed by atoms with Gasteiger partial charge in [-0.1, -0.05) is 12.1 Å². The number of pyridine rings is 2. The maximum atomic E-state index is 12.4. The molecule has 1 atom stereocenters. The lowest BCUT2D eigenvalue weighted by molar-refractivity contribution is -0.154. The van der Waals surface area contributed by atoms with Crippen LogP contribution >= 0.6 is 0 Å². The summed E-state index contributed by atoms with van der Waals surface area (Å²) in [4.78, 5) is 32.2. The molecular formula is C19H19F3N4O3. The van der Waals surface area contributed by atoms with E-state index in [2.05, 4.69) is 25.3 Å². The van der Waals surface area contributed by atoms with E-state index < -0.39 is 24.7 Å². The Hall–Kier alpha value is -3.17. The Morgan fingerprint density at radius 1 is 1.24 bits per heavy atom. The Morgan fingerprint density at radius 2 is 2.00 bits per heavy atom. The third-order valence-corrected chi connectivity index (χ3v) is 4.17. The number of rotatable bonds is 7. The number of hydrogen-bond donors (Lipinski definition) is 2. The second kappa shape index (κ2) is 8.46. The zero-order valence-electron chi connectivity index (χ0n) is 15.5. The number of hydrogen-bond acceptors (Lipinski definition) is 5. The molecule has 10 heteroatoms. The van der Waals surface area contributed by atoms with Crippen molar-refractivity contribution in [1.82, 2.24) is 15.3 Å².